The monoisotopic (exact) mass is 345 g/mol. The fourth-order valence-electron chi connectivity index (χ4n) is 1.99. The van der Waals surface area contributed by atoms with Crippen molar-refractivity contribution in [3.05, 3.63) is 63.5 Å². The molecule has 116 valence electrons. The number of esters is 1. The standard InChI is InChI=1S/C17H12ClNO3S/c1-21-17(20)16-14(8-9-23-16)15-7-6-13(22-15)10-19-12-4-2-11(18)3-5-12/h2-10H,1H3. The largest absolute Gasteiger partial charge is 0.465 e. The molecule has 23 heavy (non-hydrogen) atoms. The predicted octanol–water partition coefficient (Wildman–Crippen LogP) is 5.20. The van der Waals surface area contributed by atoms with Gasteiger partial charge in [0.2, 0.25) is 0 Å². The minimum Gasteiger partial charge on any atom is -0.465 e. The molecule has 2 aromatic heterocycles. The highest BCUT2D eigenvalue weighted by Crippen LogP contribution is 2.30. The van der Waals surface area contributed by atoms with E-state index in [0.717, 1.165) is 5.69 Å². The van der Waals surface area contributed by atoms with Crippen LogP contribution in [0.2, 0.25) is 5.02 Å². The molecule has 0 atom stereocenters. The third-order valence-electron chi connectivity index (χ3n) is 3.10. The van der Waals surface area contributed by atoms with Crippen molar-refractivity contribution in [1.82, 2.24) is 0 Å². The Kier molecular flexibility index (Phi) is 4.60. The van der Waals surface area contributed by atoms with Gasteiger partial charge >= 0.3 is 5.97 Å². The smallest absolute Gasteiger partial charge is 0.348 e. The first-order valence-electron chi connectivity index (χ1n) is 6.73. The third kappa shape index (κ3) is 3.52. The van der Waals surface area contributed by atoms with Crippen molar-refractivity contribution >= 4 is 40.8 Å². The maximum atomic E-state index is 11.7. The van der Waals surface area contributed by atoms with E-state index in [1.165, 1.54) is 18.4 Å². The van der Waals surface area contributed by atoms with Crippen LogP contribution in [0.15, 0.2) is 57.3 Å². The first kappa shape index (κ1) is 15.5. The van der Waals surface area contributed by atoms with Crippen LogP contribution in [0.3, 0.4) is 0 Å². The van der Waals surface area contributed by atoms with Crippen LogP contribution in [0, 0.1) is 0 Å². The molecule has 0 bridgehead atoms. The molecule has 2 heterocycles. The highest BCUT2D eigenvalue weighted by atomic mass is 35.5. The molecule has 0 fully saturated rings. The average Bonchev–Trinajstić information content (AvgIpc) is 3.22. The molecule has 0 saturated heterocycles. The topological polar surface area (TPSA) is 51.8 Å². The Morgan fingerprint density at radius 3 is 2.74 bits per heavy atom. The second-order valence-electron chi connectivity index (χ2n) is 4.59. The molecule has 6 heteroatoms. The van der Waals surface area contributed by atoms with Crippen LogP contribution in [0.5, 0.6) is 0 Å². The number of hydrogen-bond donors (Lipinski definition) is 0. The van der Waals surface area contributed by atoms with Crippen LogP contribution in [0.25, 0.3) is 11.3 Å². The molecule has 0 spiro atoms. The Morgan fingerprint density at radius 1 is 1.22 bits per heavy atom. The van der Waals surface area contributed by atoms with Gasteiger partial charge in [0.15, 0.2) is 0 Å². The summed E-state index contributed by atoms with van der Waals surface area (Å²) in [5, 5.41) is 2.49. The van der Waals surface area contributed by atoms with E-state index >= 15 is 0 Å². The zero-order valence-corrected chi connectivity index (χ0v) is 13.7. The van der Waals surface area contributed by atoms with E-state index in [0.29, 0.717) is 27.0 Å². The Labute approximate surface area is 142 Å². The molecule has 0 amide bonds. The molecule has 0 N–H and O–H groups in total. The first-order valence-corrected chi connectivity index (χ1v) is 7.99. The van der Waals surface area contributed by atoms with Crippen molar-refractivity contribution in [3.63, 3.8) is 0 Å². The Morgan fingerprint density at radius 2 is 2.00 bits per heavy atom. The van der Waals surface area contributed by atoms with Gasteiger partial charge in [-0.15, -0.1) is 11.3 Å². The SMILES string of the molecule is COC(=O)c1sccc1-c1ccc(C=Nc2ccc(Cl)cc2)o1. The van der Waals surface area contributed by atoms with Crippen LogP contribution in [0.1, 0.15) is 15.4 Å². The predicted molar refractivity (Wildman–Crippen MR) is 92.1 cm³/mol. The van der Waals surface area contributed by atoms with Gasteiger partial charge in [-0.1, -0.05) is 11.6 Å². The van der Waals surface area contributed by atoms with Crippen LogP contribution in [-0.2, 0) is 4.74 Å². The van der Waals surface area contributed by atoms with Gasteiger partial charge in [0, 0.05) is 10.6 Å². The quantitative estimate of drug-likeness (QED) is 0.482. The molecule has 0 aliphatic rings. The maximum Gasteiger partial charge on any atom is 0.348 e. The number of carbonyl (C=O) groups is 1. The van der Waals surface area contributed by atoms with E-state index in [1.807, 2.05) is 23.6 Å². The fourth-order valence-corrected chi connectivity index (χ4v) is 2.93. The molecular weight excluding hydrogens is 334 g/mol. The van der Waals surface area contributed by atoms with Crippen LogP contribution in [-0.4, -0.2) is 19.3 Å². The van der Waals surface area contributed by atoms with E-state index in [2.05, 4.69) is 4.99 Å². The lowest BCUT2D eigenvalue weighted by Crippen LogP contribution is -1.99. The number of methoxy groups -OCH3 is 1. The summed E-state index contributed by atoms with van der Waals surface area (Å²) >= 11 is 7.15. The van der Waals surface area contributed by atoms with E-state index in [9.17, 15) is 4.79 Å². The lowest BCUT2D eigenvalue weighted by atomic mass is 10.2. The molecule has 0 saturated carbocycles. The van der Waals surface area contributed by atoms with Crippen molar-refractivity contribution in [2.45, 2.75) is 0 Å². The zero-order valence-electron chi connectivity index (χ0n) is 12.2. The summed E-state index contributed by atoms with van der Waals surface area (Å²) < 4.78 is 10.5. The number of halogens is 1. The summed E-state index contributed by atoms with van der Waals surface area (Å²) in [4.78, 5) is 16.6. The number of carbonyl (C=O) groups excluding carboxylic acids is 1. The number of nitrogens with zero attached hydrogens (tertiary/aromatic N) is 1. The minimum atomic E-state index is -0.372. The summed E-state index contributed by atoms with van der Waals surface area (Å²) in [5.41, 5.74) is 1.49. The van der Waals surface area contributed by atoms with Crippen molar-refractivity contribution < 1.29 is 13.9 Å². The highest BCUT2D eigenvalue weighted by Gasteiger charge is 2.17. The lowest BCUT2D eigenvalue weighted by Gasteiger charge is -1.98. The molecule has 0 aliphatic heterocycles. The summed E-state index contributed by atoms with van der Waals surface area (Å²) in [6.07, 6.45) is 1.62. The molecule has 0 radical (unpaired) electrons. The number of hydrogen-bond acceptors (Lipinski definition) is 5. The number of rotatable bonds is 4. The highest BCUT2D eigenvalue weighted by molar-refractivity contribution is 7.12. The van der Waals surface area contributed by atoms with Gasteiger partial charge < -0.3 is 9.15 Å². The van der Waals surface area contributed by atoms with E-state index in [1.54, 1.807) is 30.5 Å². The van der Waals surface area contributed by atoms with Gasteiger partial charge in [-0.05, 0) is 47.8 Å². The molecule has 0 aliphatic carbocycles. The van der Waals surface area contributed by atoms with E-state index < -0.39 is 0 Å². The van der Waals surface area contributed by atoms with Crippen molar-refractivity contribution in [2.24, 2.45) is 4.99 Å². The number of thiophene rings is 1. The summed E-state index contributed by atoms with van der Waals surface area (Å²) in [6.45, 7) is 0. The number of ether oxygens (including phenoxy) is 1. The normalized spacial score (nSPS) is 11.0. The maximum absolute atomic E-state index is 11.7. The molecule has 0 unspecified atom stereocenters. The zero-order chi connectivity index (χ0) is 16.2. The minimum absolute atomic E-state index is 0.372. The molecule has 1 aromatic carbocycles. The average molecular weight is 346 g/mol. The van der Waals surface area contributed by atoms with Gasteiger partial charge in [0.25, 0.3) is 0 Å². The summed E-state index contributed by atoms with van der Waals surface area (Å²) in [7, 11) is 1.36. The van der Waals surface area contributed by atoms with Crippen LogP contribution >= 0.6 is 22.9 Å². The second-order valence-corrected chi connectivity index (χ2v) is 5.94. The van der Waals surface area contributed by atoms with E-state index in [-0.39, 0.29) is 5.97 Å². The van der Waals surface area contributed by atoms with Crippen molar-refractivity contribution in [3.8, 4) is 11.3 Å². The van der Waals surface area contributed by atoms with Gasteiger partial charge in [-0.3, -0.25) is 4.99 Å². The van der Waals surface area contributed by atoms with Crippen molar-refractivity contribution in [1.29, 1.82) is 0 Å². The van der Waals surface area contributed by atoms with Gasteiger partial charge in [-0.2, -0.15) is 0 Å². The molecule has 3 rings (SSSR count). The second kappa shape index (κ2) is 6.81. The number of furan rings is 1. The van der Waals surface area contributed by atoms with Gasteiger partial charge in [0.05, 0.1) is 19.0 Å². The Balaban J connectivity index is 1.82. The van der Waals surface area contributed by atoms with Gasteiger partial charge in [0.1, 0.15) is 16.4 Å². The van der Waals surface area contributed by atoms with Gasteiger partial charge in [-0.25, -0.2) is 4.79 Å². The first-order chi connectivity index (χ1) is 11.2. The van der Waals surface area contributed by atoms with Crippen molar-refractivity contribution in [2.75, 3.05) is 7.11 Å². The Bertz CT molecular complexity index is 849. The molecule has 3 aromatic rings. The molecular formula is C17H12ClNO3S. The van der Waals surface area contributed by atoms with Crippen LogP contribution in [0.4, 0.5) is 5.69 Å². The summed E-state index contributed by atoms with van der Waals surface area (Å²) in [5.74, 6) is 0.823. The number of benzene rings is 1. The third-order valence-corrected chi connectivity index (χ3v) is 4.24. The number of aliphatic imine (C=N–C) groups is 1. The van der Waals surface area contributed by atoms with Crippen LogP contribution < -0.4 is 0 Å². The van der Waals surface area contributed by atoms with E-state index in [4.69, 9.17) is 20.8 Å². The lowest BCUT2D eigenvalue weighted by molar-refractivity contribution is 0.0607. The molecule has 4 nitrogen and oxygen atoms in total. The Hall–Kier alpha value is -2.37. The fraction of sp³-hybridized carbons (Fsp3) is 0.0588. The summed E-state index contributed by atoms with van der Waals surface area (Å²) in [6, 6.07) is 12.6.